The molecule has 0 atom stereocenters. The van der Waals surface area contributed by atoms with Crippen LogP contribution in [0, 0.1) is 12.7 Å². The number of halogens is 1. The summed E-state index contributed by atoms with van der Waals surface area (Å²) in [5, 5.41) is 0. The predicted molar refractivity (Wildman–Crippen MR) is 68.0 cm³/mol. The lowest BCUT2D eigenvalue weighted by Crippen LogP contribution is -2.12. The first-order valence-corrected chi connectivity index (χ1v) is 5.33. The highest BCUT2D eigenvalue weighted by Crippen LogP contribution is 2.22. The Morgan fingerprint density at radius 2 is 1.76 bits per heavy atom. The second-order valence-corrected chi connectivity index (χ2v) is 3.77. The van der Waals surface area contributed by atoms with Crippen LogP contribution in [0.25, 0.3) is 0 Å². The first-order valence-electron chi connectivity index (χ1n) is 5.33. The lowest BCUT2D eigenvalue weighted by Gasteiger charge is -2.04. The fourth-order valence-electron chi connectivity index (χ4n) is 1.56. The van der Waals surface area contributed by atoms with E-state index in [0.717, 1.165) is 11.1 Å². The molecule has 0 amide bonds. The summed E-state index contributed by atoms with van der Waals surface area (Å²) in [5.41, 5.74) is 7.70. The lowest BCUT2D eigenvalue weighted by atomic mass is 10.2. The molecule has 2 aromatic rings. The number of nitrogens with two attached hydrogens (primary N) is 1. The van der Waals surface area contributed by atoms with E-state index in [1.54, 1.807) is 19.1 Å². The third-order valence-electron chi connectivity index (χ3n) is 2.49. The standard InChI is InChI=1S/C14H13FN2/c1-10-6-5-9-12(15)13(10)17-14(16)11-7-3-2-4-8-11/h2-9H,1H3,(H2,16,17). The van der Waals surface area contributed by atoms with Gasteiger partial charge in [0.25, 0.3) is 0 Å². The van der Waals surface area contributed by atoms with Crippen molar-refractivity contribution < 1.29 is 4.39 Å². The van der Waals surface area contributed by atoms with E-state index in [1.165, 1.54) is 6.07 Å². The van der Waals surface area contributed by atoms with E-state index in [-0.39, 0.29) is 5.82 Å². The predicted octanol–water partition coefficient (Wildman–Crippen LogP) is 3.17. The van der Waals surface area contributed by atoms with Crippen molar-refractivity contribution in [3.8, 4) is 0 Å². The molecule has 0 bridgehead atoms. The smallest absolute Gasteiger partial charge is 0.149 e. The zero-order valence-electron chi connectivity index (χ0n) is 9.52. The summed E-state index contributed by atoms with van der Waals surface area (Å²) in [6.45, 7) is 1.81. The van der Waals surface area contributed by atoms with Crippen LogP contribution in [0.4, 0.5) is 10.1 Å². The fraction of sp³-hybridized carbons (Fsp3) is 0.0714. The minimum Gasteiger partial charge on any atom is -0.383 e. The van der Waals surface area contributed by atoms with Crippen molar-refractivity contribution in [2.24, 2.45) is 10.7 Å². The molecule has 0 unspecified atom stereocenters. The van der Waals surface area contributed by atoms with Gasteiger partial charge in [-0.25, -0.2) is 9.38 Å². The number of aliphatic imine (C=N–C) groups is 1. The zero-order chi connectivity index (χ0) is 12.3. The minimum atomic E-state index is -0.358. The molecule has 0 saturated heterocycles. The summed E-state index contributed by atoms with van der Waals surface area (Å²) in [6, 6.07) is 14.2. The molecule has 86 valence electrons. The molecular formula is C14H13FN2. The molecule has 0 heterocycles. The Morgan fingerprint density at radius 3 is 2.41 bits per heavy atom. The normalized spacial score (nSPS) is 11.5. The second-order valence-electron chi connectivity index (χ2n) is 3.77. The van der Waals surface area contributed by atoms with Gasteiger partial charge in [0.1, 0.15) is 17.3 Å². The van der Waals surface area contributed by atoms with Gasteiger partial charge in [-0.15, -0.1) is 0 Å². The molecule has 3 heteroatoms. The van der Waals surface area contributed by atoms with Crippen LogP contribution < -0.4 is 5.73 Å². The summed E-state index contributed by atoms with van der Waals surface area (Å²) in [6.07, 6.45) is 0. The Balaban J connectivity index is 2.43. The van der Waals surface area contributed by atoms with Crippen molar-refractivity contribution >= 4 is 11.5 Å². The van der Waals surface area contributed by atoms with Gasteiger partial charge in [0.05, 0.1) is 0 Å². The number of para-hydroxylation sites is 1. The van der Waals surface area contributed by atoms with Crippen LogP contribution in [-0.2, 0) is 0 Å². The van der Waals surface area contributed by atoms with Crippen molar-refractivity contribution in [1.29, 1.82) is 0 Å². The van der Waals surface area contributed by atoms with Crippen molar-refractivity contribution in [3.05, 3.63) is 65.5 Å². The number of amidine groups is 1. The molecule has 0 spiro atoms. The Bertz CT molecular complexity index is 527. The van der Waals surface area contributed by atoms with E-state index < -0.39 is 0 Å². The number of hydrogen-bond acceptors (Lipinski definition) is 1. The highest BCUT2D eigenvalue weighted by atomic mass is 19.1. The average Bonchev–Trinajstić information content (AvgIpc) is 2.35. The van der Waals surface area contributed by atoms with Gasteiger partial charge in [-0.1, -0.05) is 42.5 Å². The highest BCUT2D eigenvalue weighted by Gasteiger charge is 2.05. The van der Waals surface area contributed by atoms with Gasteiger partial charge in [0.2, 0.25) is 0 Å². The molecule has 0 aliphatic carbocycles. The van der Waals surface area contributed by atoms with E-state index >= 15 is 0 Å². The van der Waals surface area contributed by atoms with Crippen molar-refractivity contribution in [2.75, 3.05) is 0 Å². The number of nitrogens with zero attached hydrogens (tertiary/aromatic N) is 1. The summed E-state index contributed by atoms with van der Waals surface area (Å²) < 4.78 is 13.6. The van der Waals surface area contributed by atoms with Crippen LogP contribution in [0.2, 0.25) is 0 Å². The maximum absolute atomic E-state index is 13.6. The summed E-state index contributed by atoms with van der Waals surface area (Å²) in [5.74, 6) is -0.0392. The molecule has 17 heavy (non-hydrogen) atoms. The molecule has 0 aliphatic heterocycles. The topological polar surface area (TPSA) is 38.4 Å². The lowest BCUT2D eigenvalue weighted by molar-refractivity contribution is 0.629. The molecule has 2 aromatic carbocycles. The van der Waals surface area contributed by atoms with E-state index in [0.29, 0.717) is 11.5 Å². The van der Waals surface area contributed by atoms with Crippen LogP contribution in [0.3, 0.4) is 0 Å². The zero-order valence-corrected chi connectivity index (χ0v) is 9.52. The van der Waals surface area contributed by atoms with Gasteiger partial charge >= 0.3 is 0 Å². The Morgan fingerprint density at radius 1 is 1.06 bits per heavy atom. The molecule has 2 nitrogen and oxygen atoms in total. The molecule has 0 aromatic heterocycles. The van der Waals surface area contributed by atoms with E-state index in [1.807, 2.05) is 30.3 Å². The van der Waals surface area contributed by atoms with E-state index in [2.05, 4.69) is 4.99 Å². The van der Waals surface area contributed by atoms with Gasteiger partial charge in [0, 0.05) is 5.56 Å². The van der Waals surface area contributed by atoms with Crippen LogP contribution >= 0.6 is 0 Å². The largest absolute Gasteiger partial charge is 0.383 e. The molecule has 0 aliphatic rings. The second kappa shape index (κ2) is 4.78. The molecular weight excluding hydrogens is 215 g/mol. The van der Waals surface area contributed by atoms with Crippen molar-refractivity contribution in [1.82, 2.24) is 0 Å². The third kappa shape index (κ3) is 2.50. The van der Waals surface area contributed by atoms with E-state index in [9.17, 15) is 4.39 Å². The van der Waals surface area contributed by atoms with Crippen LogP contribution in [0.15, 0.2) is 53.5 Å². The maximum atomic E-state index is 13.6. The van der Waals surface area contributed by atoms with E-state index in [4.69, 9.17) is 5.73 Å². The molecule has 2 rings (SSSR count). The van der Waals surface area contributed by atoms with Crippen LogP contribution in [-0.4, -0.2) is 5.84 Å². The first kappa shape index (κ1) is 11.3. The van der Waals surface area contributed by atoms with Gasteiger partial charge < -0.3 is 5.73 Å². The van der Waals surface area contributed by atoms with Gasteiger partial charge in [-0.3, -0.25) is 0 Å². The Kier molecular flexibility index (Phi) is 3.19. The summed E-state index contributed by atoms with van der Waals surface area (Å²) in [4.78, 5) is 4.15. The van der Waals surface area contributed by atoms with Gasteiger partial charge in [-0.2, -0.15) is 0 Å². The Labute approximate surface area is 99.6 Å². The quantitative estimate of drug-likeness (QED) is 0.622. The summed E-state index contributed by atoms with van der Waals surface area (Å²) in [7, 11) is 0. The Hall–Kier alpha value is -2.16. The number of aryl methyl sites for hydroxylation is 1. The van der Waals surface area contributed by atoms with Crippen molar-refractivity contribution in [3.63, 3.8) is 0 Å². The van der Waals surface area contributed by atoms with Crippen LogP contribution in [0.1, 0.15) is 11.1 Å². The molecule has 2 N–H and O–H groups in total. The highest BCUT2D eigenvalue weighted by molar-refractivity contribution is 5.99. The molecule has 0 fully saturated rings. The molecule has 0 saturated carbocycles. The average molecular weight is 228 g/mol. The third-order valence-corrected chi connectivity index (χ3v) is 2.49. The maximum Gasteiger partial charge on any atom is 0.149 e. The molecule has 0 radical (unpaired) electrons. The van der Waals surface area contributed by atoms with Crippen molar-refractivity contribution in [2.45, 2.75) is 6.92 Å². The SMILES string of the molecule is Cc1cccc(F)c1N=C(N)c1ccccc1. The minimum absolute atomic E-state index is 0.300. The van der Waals surface area contributed by atoms with Gasteiger partial charge in [-0.05, 0) is 18.6 Å². The summed E-state index contributed by atoms with van der Waals surface area (Å²) >= 11 is 0. The first-order chi connectivity index (χ1) is 8.18. The van der Waals surface area contributed by atoms with Gasteiger partial charge in [0.15, 0.2) is 0 Å². The number of hydrogen-bond donors (Lipinski definition) is 1. The fourth-order valence-corrected chi connectivity index (χ4v) is 1.56. The monoisotopic (exact) mass is 228 g/mol. The van der Waals surface area contributed by atoms with Crippen LogP contribution in [0.5, 0.6) is 0 Å². The number of benzene rings is 2. The number of rotatable bonds is 2.